The van der Waals surface area contributed by atoms with Crippen molar-refractivity contribution in [2.24, 2.45) is 0 Å². The molecule has 4 aliphatic rings. The Bertz CT molecular complexity index is 1600. The smallest absolute Gasteiger partial charge is 0.361 e. The van der Waals surface area contributed by atoms with Gasteiger partial charge in [0.15, 0.2) is 0 Å². The number of hydrogen-bond donors (Lipinski definition) is 4. The molecule has 7 rings (SSSR count). The Balaban J connectivity index is 0.967. The maximum absolute atomic E-state index is 14.0. The zero-order valence-corrected chi connectivity index (χ0v) is 27.9. The number of nitrogens with one attached hydrogen (secondary N) is 4. The predicted molar refractivity (Wildman–Crippen MR) is 185 cm³/mol. The summed E-state index contributed by atoms with van der Waals surface area (Å²) in [5, 5.41) is 12.2. The summed E-state index contributed by atoms with van der Waals surface area (Å²) < 4.78 is 0. The molecule has 48 heavy (non-hydrogen) atoms. The molecule has 12 heteroatoms. The fourth-order valence-electron chi connectivity index (χ4n) is 7.98. The maximum atomic E-state index is 14.0. The average Bonchev–Trinajstić information content (AvgIpc) is 3.52. The van der Waals surface area contributed by atoms with Crippen LogP contribution in [0.15, 0.2) is 48.7 Å². The molecule has 3 aromatic rings. The lowest BCUT2D eigenvalue weighted by Gasteiger charge is -2.41. The molecule has 1 aromatic heterocycles. The maximum Gasteiger partial charge on any atom is 0.426 e. The van der Waals surface area contributed by atoms with E-state index in [9.17, 15) is 14.4 Å². The predicted octanol–water partition coefficient (Wildman–Crippen LogP) is 3.48. The van der Waals surface area contributed by atoms with E-state index < -0.39 is 12.1 Å². The van der Waals surface area contributed by atoms with Gasteiger partial charge in [-0.3, -0.25) is 9.69 Å². The number of hydrogen-bond acceptors (Lipinski definition) is 7. The lowest BCUT2D eigenvalue weighted by Crippen LogP contribution is -2.56. The van der Waals surface area contributed by atoms with Crippen molar-refractivity contribution in [1.29, 1.82) is 0 Å². The minimum absolute atomic E-state index is 0.0623. The molecule has 4 amide bonds. The number of fused-ring (bicyclic) bond motifs is 2. The summed E-state index contributed by atoms with van der Waals surface area (Å²) in [6.07, 6.45) is 5.74. The minimum Gasteiger partial charge on any atom is -0.361 e. The molecule has 4 aliphatic heterocycles. The van der Waals surface area contributed by atoms with Crippen LogP contribution in [0.3, 0.4) is 0 Å². The number of hydroxylamine groups is 2. The van der Waals surface area contributed by atoms with Crippen LogP contribution < -0.4 is 16.0 Å². The van der Waals surface area contributed by atoms with Crippen LogP contribution in [0.4, 0.5) is 15.3 Å². The van der Waals surface area contributed by atoms with Gasteiger partial charge < -0.3 is 35.6 Å². The van der Waals surface area contributed by atoms with Crippen LogP contribution in [0, 0.1) is 6.92 Å². The van der Waals surface area contributed by atoms with Crippen LogP contribution >= 0.6 is 0 Å². The summed E-state index contributed by atoms with van der Waals surface area (Å²) in [6.45, 7) is 9.21. The molecule has 3 saturated heterocycles. The molecule has 5 heterocycles. The fourth-order valence-corrected chi connectivity index (χ4v) is 7.98. The number of aromatic amines is 1. The molecule has 4 N–H and O–H groups in total. The number of likely N-dealkylation sites (tertiary alicyclic amines) is 1. The van der Waals surface area contributed by atoms with E-state index in [1.54, 1.807) is 5.06 Å². The quantitative estimate of drug-likeness (QED) is 0.307. The van der Waals surface area contributed by atoms with E-state index in [1.807, 2.05) is 40.3 Å². The molecule has 0 radical (unpaired) electrons. The van der Waals surface area contributed by atoms with E-state index >= 15 is 0 Å². The molecule has 0 spiro atoms. The largest absolute Gasteiger partial charge is 0.426 e. The van der Waals surface area contributed by atoms with E-state index in [2.05, 4.69) is 51.0 Å². The topological polar surface area (TPSA) is 125 Å². The number of rotatable bonds is 7. The summed E-state index contributed by atoms with van der Waals surface area (Å²) in [5.41, 5.74) is 5.19. The molecule has 1 unspecified atom stereocenters. The summed E-state index contributed by atoms with van der Waals surface area (Å²) in [4.78, 5) is 55.9. The van der Waals surface area contributed by atoms with Gasteiger partial charge in [0.2, 0.25) is 5.91 Å². The molecule has 0 aliphatic carbocycles. The van der Waals surface area contributed by atoms with Gasteiger partial charge >= 0.3 is 12.1 Å². The first kappa shape index (κ1) is 32.4. The SMILES string of the molecule is Cc1cc(CC(NC(=O)ON2CCC(N3CCc4ccccc4NC3=O)CC2)C(=O)N2CCC(N3CCNCC3)CC2)cc2cc[nH]c12. The Kier molecular flexibility index (Phi) is 9.83. The summed E-state index contributed by atoms with van der Waals surface area (Å²) in [7, 11) is 0. The molecule has 3 fully saturated rings. The van der Waals surface area contributed by atoms with Crippen LogP contribution in [0.25, 0.3) is 10.9 Å². The molecular weight excluding hydrogens is 608 g/mol. The van der Waals surface area contributed by atoms with Crippen LogP contribution in [0.1, 0.15) is 42.4 Å². The number of anilines is 1. The number of amides is 4. The highest BCUT2D eigenvalue weighted by Crippen LogP contribution is 2.26. The second-order valence-electron chi connectivity index (χ2n) is 13.7. The van der Waals surface area contributed by atoms with Crippen LogP contribution in [0.2, 0.25) is 0 Å². The highest BCUT2D eigenvalue weighted by atomic mass is 16.7. The van der Waals surface area contributed by atoms with Crippen molar-refractivity contribution in [2.45, 2.75) is 63.6 Å². The van der Waals surface area contributed by atoms with E-state index in [0.29, 0.717) is 58.0 Å². The number of piperidine rings is 2. The third kappa shape index (κ3) is 7.30. The number of urea groups is 1. The van der Waals surface area contributed by atoms with Gasteiger partial charge in [-0.15, -0.1) is 5.06 Å². The first-order chi connectivity index (χ1) is 23.4. The van der Waals surface area contributed by atoms with Gasteiger partial charge in [-0.05, 0) is 79.3 Å². The first-order valence-electron chi connectivity index (χ1n) is 17.6. The Labute approximate surface area is 282 Å². The van der Waals surface area contributed by atoms with Crippen molar-refractivity contribution in [2.75, 3.05) is 64.2 Å². The van der Waals surface area contributed by atoms with Crippen LogP contribution in [-0.4, -0.2) is 120 Å². The van der Waals surface area contributed by atoms with E-state index in [4.69, 9.17) is 4.84 Å². The lowest BCUT2D eigenvalue weighted by atomic mass is 9.98. The minimum atomic E-state index is -0.746. The van der Waals surface area contributed by atoms with Crippen molar-refractivity contribution in [3.63, 3.8) is 0 Å². The zero-order chi connectivity index (χ0) is 33.0. The Morgan fingerprint density at radius 2 is 1.69 bits per heavy atom. The highest BCUT2D eigenvalue weighted by molar-refractivity contribution is 5.91. The Hall–Kier alpha value is -4.13. The number of piperazine rings is 1. The Morgan fingerprint density at radius 3 is 2.48 bits per heavy atom. The molecule has 12 nitrogen and oxygen atoms in total. The number of carbonyl (C=O) groups is 3. The third-order valence-corrected chi connectivity index (χ3v) is 10.6. The van der Waals surface area contributed by atoms with Crippen LogP contribution in [0.5, 0.6) is 0 Å². The average molecular weight is 657 g/mol. The van der Waals surface area contributed by atoms with Crippen molar-refractivity contribution < 1.29 is 19.2 Å². The van der Waals surface area contributed by atoms with E-state index in [1.165, 1.54) is 0 Å². The number of H-pyrrole nitrogens is 1. The van der Waals surface area contributed by atoms with Crippen molar-refractivity contribution in [1.82, 2.24) is 35.4 Å². The van der Waals surface area contributed by atoms with Gasteiger partial charge in [0, 0.05) is 94.8 Å². The number of carbonyl (C=O) groups excluding carboxylic acids is 3. The number of para-hydroxylation sites is 1. The molecule has 2 aromatic carbocycles. The molecular formula is C36H48N8O4. The molecule has 256 valence electrons. The fraction of sp³-hybridized carbons (Fsp3) is 0.528. The summed E-state index contributed by atoms with van der Waals surface area (Å²) in [6, 6.07) is 13.9. The van der Waals surface area contributed by atoms with Crippen molar-refractivity contribution in [3.05, 3.63) is 65.4 Å². The first-order valence-corrected chi connectivity index (χ1v) is 17.6. The Morgan fingerprint density at radius 1 is 0.938 bits per heavy atom. The lowest BCUT2D eigenvalue weighted by molar-refractivity contribution is -0.137. The molecule has 1 atom stereocenters. The number of aryl methyl sites for hydroxylation is 1. The van der Waals surface area contributed by atoms with Gasteiger partial charge in [-0.1, -0.05) is 24.3 Å². The van der Waals surface area contributed by atoms with Gasteiger partial charge in [0.25, 0.3) is 0 Å². The second kappa shape index (κ2) is 14.6. The third-order valence-electron chi connectivity index (χ3n) is 10.6. The van der Waals surface area contributed by atoms with E-state index in [0.717, 1.165) is 78.7 Å². The second-order valence-corrected chi connectivity index (χ2v) is 13.7. The molecule has 0 bridgehead atoms. The normalized spacial score (nSPS) is 21.0. The number of benzene rings is 2. The van der Waals surface area contributed by atoms with Gasteiger partial charge in [-0.25, -0.2) is 9.59 Å². The van der Waals surface area contributed by atoms with E-state index in [-0.39, 0.29) is 18.0 Å². The monoisotopic (exact) mass is 656 g/mol. The van der Waals surface area contributed by atoms with Gasteiger partial charge in [0.05, 0.1) is 0 Å². The van der Waals surface area contributed by atoms with Gasteiger partial charge in [0.1, 0.15) is 6.04 Å². The summed E-state index contributed by atoms with van der Waals surface area (Å²) >= 11 is 0. The molecule has 0 saturated carbocycles. The zero-order valence-electron chi connectivity index (χ0n) is 27.9. The highest BCUT2D eigenvalue weighted by Gasteiger charge is 2.34. The van der Waals surface area contributed by atoms with Crippen LogP contribution in [-0.2, 0) is 22.5 Å². The number of nitrogens with zero attached hydrogens (tertiary/aromatic N) is 4. The standard InChI is InChI=1S/C36H48N8O4/c1-25-22-26(23-28-6-12-38-33(25)28)24-32(34(45)42-15-8-29(9-16-42)41-20-13-37-14-21-41)40-36(47)48-43-17-10-30(11-18-43)44-19-7-27-4-2-3-5-31(27)39-35(44)46/h2-6,12,22-23,29-30,32,37-38H,7-11,13-21,24H2,1H3,(H,39,46)(H,40,47). The van der Waals surface area contributed by atoms with Crippen molar-refractivity contribution in [3.8, 4) is 0 Å². The van der Waals surface area contributed by atoms with Crippen molar-refractivity contribution >= 4 is 34.6 Å². The summed E-state index contributed by atoms with van der Waals surface area (Å²) in [5.74, 6) is -0.0654. The van der Waals surface area contributed by atoms with Gasteiger partial charge in [-0.2, -0.15) is 0 Å². The number of aromatic nitrogens is 1.